The monoisotopic (exact) mass is 407 g/mol. The van der Waals surface area contributed by atoms with Crippen molar-refractivity contribution in [3.63, 3.8) is 0 Å². The molecule has 0 spiro atoms. The number of nitrogens with one attached hydrogen (secondary N) is 2. The first-order chi connectivity index (χ1) is 13.6. The summed E-state index contributed by atoms with van der Waals surface area (Å²) in [5.41, 5.74) is 0.479. The number of ether oxygens (including phenoxy) is 1. The maximum atomic E-state index is 12.9. The van der Waals surface area contributed by atoms with Crippen LogP contribution in [-0.4, -0.2) is 56.0 Å². The summed E-state index contributed by atoms with van der Waals surface area (Å²) in [4.78, 5) is 27.4. The molecule has 0 bridgehead atoms. The lowest BCUT2D eigenvalue weighted by Gasteiger charge is -2.30. The van der Waals surface area contributed by atoms with Crippen molar-refractivity contribution in [1.82, 2.24) is 15.5 Å². The van der Waals surface area contributed by atoms with E-state index >= 15 is 0 Å². The molecule has 0 aliphatic carbocycles. The Morgan fingerprint density at radius 3 is 2.61 bits per heavy atom. The van der Waals surface area contributed by atoms with Crippen LogP contribution in [0.2, 0.25) is 5.02 Å². The van der Waals surface area contributed by atoms with Crippen molar-refractivity contribution < 1.29 is 14.3 Å². The first kappa shape index (κ1) is 20.9. The smallest absolute Gasteiger partial charge is 0.255 e. The maximum absolute atomic E-state index is 12.9. The highest BCUT2D eigenvalue weighted by atomic mass is 35.5. The maximum Gasteiger partial charge on any atom is 0.255 e. The second-order valence-corrected chi connectivity index (χ2v) is 7.95. The number of hydrogen-bond acceptors (Lipinski definition) is 4. The summed E-state index contributed by atoms with van der Waals surface area (Å²) in [5.74, 6) is 0.824. The predicted molar refractivity (Wildman–Crippen MR) is 110 cm³/mol. The average Bonchev–Trinajstić information content (AvgIpc) is 2.72. The minimum absolute atomic E-state index is 0.146. The molecule has 1 aromatic rings. The lowest BCUT2D eigenvalue weighted by atomic mass is 9.96. The highest BCUT2D eigenvalue weighted by molar-refractivity contribution is 6.31. The number of benzene rings is 1. The van der Waals surface area contributed by atoms with Gasteiger partial charge in [0, 0.05) is 30.6 Å². The normalized spacial score (nSPS) is 20.5. The number of carbonyl (C=O) groups excluding carboxylic acids is 2. The molecule has 1 saturated heterocycles. The summed E-state index contributed by atoms with van der Waals surface area (Å²) in [6.07, 6.45) is 5.29. The second kappa shape index (κ2) is 10.7. The Labute approximate surface area is 171 Å². The van der Waals surface area contributed by atoms with Gasteiger partial charge < -0.3 is 20.3 Å². The zero-order chi connectivity index (χ0) is 19.8. The van der Waals surface area contributed by atoms with E-state index in [0.29, 0.717) is 35.4 Å². The van der Waals surface area contributed by atoms with Crippen LogP contribution in [-0.2, 0) is 4.79 Å². The molecule has 0 saturated carbocycles. The Hall–Kier alpha value is -1.79. The Morgan fingerprint density at radius 2 is 1.82 bits per heavy atom. The Kier molecular flexibility index (Phi) is 7.98. The van der Waals surface area contributed by atoms with Gasteiger partial charge in [0.25, 0.3) is 5.91 Å². The molecule has 0 aromatic heterocycles. The van der Waals surface area contributed by atoms with E-state index in [9.17, 15) is 9.59 Å². The molecule has 1 fully saturated rings. The van der Waals surface area contributed by atoms with Crippen molar-refractivity contribution in [3.8, 4) is 5.75 Å². The molecule has 6 nitrogen and oxygen atoms in total. The summed E-state index contributed by atoms with van der Waals surface area (Å²) in [6, 6.07) is 5.13. The number of rotatable bonds is 1. The van der Waals surface area contributed by atoms with E-state index < -0.39 is 0 Å². The molecule has 1 aromatic carbocycles. The highest BCUT2D eigenvalue weighted by Gasteiger charge is 2.25. The number of carbonyl (C=O) groups is 2. The van der Waals surface area contributed by atoms with Crippen molar-refractivity contribution in [2.75, 3.05) is 39.3 Å². The quantitative estimate of drug-likeness (QED) is 0.751. The molecule has 2 N–H and O–H groups in total. The van der Waals surface area contributed by atoms with Gasteiger partial charge in [-0.15, -0.1) is 0 Å². The molecule has 3 rings (SSSR count). The fraction of sp³-hybridized carbons (Fsp3) is 0.619. The van der Waals surface area contributed by atoms with Gasteiger partial charge in [0.05, 0.1) is 12.2 Å². The van der Waals surface area contributed by atoms with Crippen molar-refractivity contribution in [3.05, 3.63) is 28.8 Å². The molecule has 0 atom stereocenters. The van der Waals surface area contributed by atoms with E-state index in [1.165, 1.54) is 0 Å². The predicted octanol–water partition coefficient (Wildman–Crippen LogP) is 2.85. The minimum Gasteiger partial charge on any atom is -0.493 e. The first-order valence-electron chi connectivity index (χ1n) is 10.3. The molecule has 2 amide bonds. The highest BCUT2D eigenvalue weighted by Crippen LogP contribution is 2.23. The van der Waals surface area contributed by atoms with Gasteiger partial charge >= 0.3 is 0 Å². The molecule has 2 aliphatic rings. The first-order valence-corrected chi connectivity index (χ1v) is 10.7. The molecule has 154 valence electrons. The second-order valence-electron chi connectivity index (χ2n) is 7.51. The lowest BCUT2D eigenvalue weighted by molar-refractivity contribution is -0.136. The van der Waals surface area contributed by atoms with E-state index in [-0.39, 0.29) is 11.8 Å². The van der Waals surface area contributed by atoms with Gasteiger partial charge in [0.1, 0.15) is 5.75 Å². The van der Waals surface area contributed by atoms with Crippen LogP contribution in [0.1, 0.15) is 48.9 Å². The molecular weight excluding hydrogens is 378 g/mol. The van der Waals surface area contributed by atoms with Gasteiger partial charge in [-0.1, -0.05) is 11.6 Å². The Bertz CT molecular complexity index is 677. The van der Waals surface area contributed by atoms with Crippen LogP contribution in [0.3, 0.4) is 0 Å². The largest absolute Gasteiger partial charge is 0.493 e. The third kappa shape index (κ3) is 5.85. The third-order valence-corrected chi connectivity index (χ3v) is 5.64. The van der Waals surface area contributed by atoms with Gasteiger partial charge in [-0.25, -0.2) is 0 Å². The van der Waals surface area contributed by atoms with Crippen LogP contribution in [0, 0.1) is 5.92 Å². The number of halogens is 1. The van der Waals surface area contributed by atoms with Gasteiger partial charge in [0.15, 0.2) is 0 Å². The summed E-state index contributed by atoms with van der Waals surface area (Å²) in [5, 5.41) is 6.78. The van der Waals surface area contributed by atoms with Crippen LogP contribution in [0.5, 0.6) is 5.75 Å². The van der Waals surface area contributed by atoms with Crippen LogP contribution in [0.4, 0.5) is 0 Å². The van der Waals surface area contributed by atoms with Gasteiger partial charge in [-0.2, -0.15) is 0 Å². The standard InChI is InChI=1S/C21H30ClN3O3/c22-17-5-6-19-18(15-17)20(26)24-9-1-2-12-25(13-3-4-14-28-19)21(27)16-7-10-23-11-8-16/h5-6,15-16,23H,1-4,7-14H2,(H,24,26). The van der Waals surface area contributed by atoms with Gasteiger partial charge in [0.2, 0.25) is 5.91 Å². The van der Waals surface area contributed by atoms with Crippen molar-refractivity contribution >= 4 is 23.4 Å². The zero-order valence-corrected chi connectivity index (χ0v) is 17.1. The molecular formula is C21H30ClN3O3. The topological polar surface area (TPSA) is 70.7 Å². The van der Waals surface area contributed by atoms with Crippen molar-refractivity contribution in [2.45, 2.75) is 38.5 Å². The molecule has 2 heterocycles. The van der Waals surface area contributed by atoms with Crippen molar-refractivity contribution in [2.24, 2.45) is 5.92 Å². The summed E-state index contributed by atoms with van der Waals surface area (Å²) >= 11 is 6.05. The number of fused-ring (bicyclic) bond motifs is 1. The van der Waals surface area contributed by atoms with E-state index in [0.717, 1.165) is 64.7 Å². The van der Waals surface area contributed by atoms with E-state index in [1.54, 1.807) is 18.2 Å². The molecule has 0 radical (unpaired) electrons. The average molecular weight is 408 g/mol. The van der Waals surface area contributed by atoms with E-state index in [1.807, 2.05) is 4.90 Å². The van der Waals surface area contributed by atoms with E-state index in [4.69, 9.17) is 16.3 Å². The number of hydrogen-bond donors (Lipinski definition) is 2. The van der Waals surface area contributed by atoms with Gasteiger partial charge in [-0.3, -0.25) is 9.59 Å². The molecule has 2 aliphatic heterocycles. The summed E-state index contributed by atoms with van der Waals surface area (Å²) in [7, 11) is 0. The Morgan fingerprint density at radius 1 is 1.07 bits per heavy atom. The lowest BCUT2D eigenvalue weighted by Crippen LogP contribution is -2.42. The molecule has 0 unspecified atom stereocenters. The number of piperidine rings is 1. The SMILES string of the molecule is O=C1NCCCCN(C(=O)C2CCNCC2)CCCCOc2ccc(Cl)cc21. The van der Waals surface area contributed by atoms with Gasteiger partial charge in [-0.05, 0) is 69.8 Å². The summed E-state index contributed by atoms with van der Waals surface area (Å²) in [6.45, 7) is 4.45. The number of nitrogens with zero attached hydrogens (tertiary/aromatic N) is 1. The fourth-order valence-electron chi connectivity index (χ4n) is 3.78. The van der Waals surface area contributed by atoms with Crippen LogP contribution < -0.4 is 15.4 Å². The van der Waals surface area contributed by atoms with Crippen LogP contribution in [0.15, 0.2) is 18.2 Å². The van der Waals surface area contributed by atoms with E-state index in [2.05, 4.69) is 10.6 Å². The number of amides is 2. The van der Waals surface area contributed by atoms with Crippen LogP contribution in [0.25, 0.3) is 0 Å². The molecule has 28 heavy (non-hydrogen) atoms. The van der Waals surface area contributed by atoms with Crippen LogP contribution >= 0.6 is 11.6 Å². The van der Waals surface area contributed by atoms with Crippen molar-refractivity contribution in [1.29, 1.82) is 0 Å². The summed E-state index contributed by atoms with van der Waals surface area (Å²) < 4.78 is 5.84. The third-order valence-electron chi connectivity index (χ3n) is 5.41. The fourth-order valence-corrected chi connectivity index (χ4v) is 3.95. The Balaban J connectivity index is 1.62. The minimum atomic E-state index is -0.169. The zero-order valence-electron chi connectivity index (χ0n) is 16.3. The molecule has 7 heteroatoms.